The van der Waals surface area contributed by atoms with E-state index >= 15 is 0 Å². The highest BCUT2D eigenvalue weighted by molar-refractivity contribution is 5.71. The largest absolute Gasteiger partial charge is 0.480 e. The van der Waals surface area contributed by atoms with Crippen LogP contribution in [-0.4, -0.2) is 71.5 Å². The molecule has 0 aromatic carbocycles. The van der Waals surface area contributed by atoms with Gasteiger partial charge in [-0.15, -0.1) is 0 Å². The Hall–Kier alpha value is -2.03. The minimum absolute atomic E-state index is 0.101. The molecular weight excluding hydrogens is 360 g/mol. The molecule has 8 nitrogen and oxygen atoms in total. The SMILES string of the molecule is O=C(O)CNc1ncc(CN2CCC[C@@]3(C4=CCOCC4)COCC[C@H]23)cn1. The smallest absolute Gasteiger partial charge is 0.322 e. The Morgan fingerprint density at radius 3 is 2.93 bits per heavy atom. The first-order valence-electron chi connectivity index (χ1n) is 10.0. The second-order valence-electron chi connectivity index (χ2n) is 7.80. The lowest BCUT2D eigenvalue weighted by Crippen LogP contribution is -2.57. The molecule has 2 atom stereocenters. The quantitative estimate of drug-likeness (QED) is 0.711. The molecule has 0 bridgehead atoms. The van der Waals surface area contributed by atoms with Crippen molar-refractivity contribution in [3.05, 3.63) is 29.6 Å². The molecule has 4 rings (SSSR count). The summed E-state index contributed by atoms with van der Waals surface area (Å²) in [4.78, 5) is 21.7. The van der Waals surface area contributed by atoms with Gasteiger partial charge in [-0.25, -0.2) is 9.97 Å². The van der Waals surface area contributed by atoms with Crippen LogP contribution in [0.5, 0.6) is 0 Å². The van der Waals surface area contributed by atoms with Gasteiger partial charge in [0, 0.05) is 42.6 Å². The number of ether oxygens (including phenoxy) is 2. The number of fused-ring (bicyclic) bond motifs is 1. The molecular formula is C20H28N4O4. The molecule has 0 saturated carbocycles. The first-order chi connectivity index (χ1) is 13.7. The molecule has 152 valence electrons. The zero-order valence-corrected chi connectivity index (χ0v) is 16.1. The van der Waals surface area contributed by atoms with Crippen molar-refractivity contribution in [3.8, 4) is 0 Å². The van der Waals surface area contributed by atoms with Crippen molar-refractivity contribution in [1.82, 2.24) is 14.9 Å². The van der Waals surface area contributed by atoms with Crippen LogP contribution in [0.15, 0.2) is 24.0 Å². The van der Waals surface area contributed by atoms with Crippen LogP contribution in [0.25, 0.3) is 0 Å². The van der Waals surface area contributed by atoms with Crippen molar-refractivity contribution < 1.29 is 19.4 Å². The molecule has 0 unspecified atom stereocenters. The number of hydrogen-bond donors (Lipinski definition) is 2. The maximum atomic E-state index is 10.6. The second kappa shape index (κ2) is 8.55. The van der Waals surface area contributed by atoms with Crippen LogP contribution in [0.3, 0.4) is 0 Å². The van der Waals surface area contributed by atoms with E-state index in [0.717, 1.165) is 57.7 Å². The summed E-state index contributed by atoms with van der Waals surface area (Å²) in [6.07, 6.45) is 10.2. The molecule has 2 saturated heterocycles. The summed E-state index contributed by atoms with van der Waals surface area (Å²) >= 11 is 0. The fourth-order valence-electron chi connectivity index (χ4n) is 4.90. The molecule has 2 N–H and O–H groups in total. The molecule has 3 aliphatic heterocycles. The van der Waals surface area contributed by atoms with E-state index in [2.05, 4.69) is 26.3 Å². The first-order valence-corrected chi connectivity index (χ1v) is 10.0. The molecule has 0 aliphatic carbocycles. The van der Waals surface area contributed by atoms with Crippen molar-refractivity contribution in [2.24, 2.45) is 5.41 Å². The Bertz CT molecular complexity index is 719. The van der Waals surface area contributed by atoms with E-state index in [1.165, 1.54) is 12.0 Å². The molecule has 3 aliphatic rings. The van der Waals surface area contributed by atoms with Crippen LogP contribution in [0.4, 0.5) is 5.95 Å². The lowest BCUT2D eigenvalue weighted by molar-refractivity contribution is -0.134. The highest BCUT2D eigenvalue weighted by Gasteiger charge is 2.48. The first kappa shape index (κ1) is 19.3. The lowest BCUT2D eigenvalue weighted by Gasteiger charge is -2.54. The van der Waals surface area contributed by atoms with Gasteiger partial charge in [0.2, 0.25) is 5.95 Å². The number of carboxylic acid groups (broad SMARTS) is 1. The summed E-state index contributed by atoms with van der Waals surface area (Å²) in [5, 5.41) is 11.4. The van der Waals surface area contributed by atoms with Crippen molar-refractivity contribution in [3.63, 3.8) is 0 Å². The minimum Gasteiger partial charge on any atom is -0.480 e. The third kappa shape index (κ3) is 4.04. The Balaban J connectivity index is 1.48. The van der Waals surface area contributed by atoms with E-state index in [1.807, 2.05) is 0 Å². The molecule has 1 aromatic heterocycles. The van der Waals surface area contributed by atoms with Crippen LogP contribution in [-0.2, 0) is 20.8 Å². The number of hydrogen-bond acceptors (Lipinski definition) is 7. The predicted octanol–water partition coefficient (Wildman–Crippen LogP) is 1.69. The zero-order valence-electron chi connectivity index (χ0n) is 16.1. The van der Waals surface area contributed by atoms with E-state index in [1.54, 1.807) is 12.4 Å². The Morgan fingerprint density at radius 2 is 2.18 bits per heavy atom. The number of aliphatic carboxylic acids is 1. The number of aromatic nitrogens is 2. The molecule has 0 radical (unpaired) electrons. The van der Waals surface area contributed by atoms with Crippen LogP contribution < -0.4 is 5.32 Å². The van der Waals surface area contributed by atoms with Gasteiger partial charge in [-0.3, -0.25) is 9.69 Å². The average Bonchev–Trinajstić information content (AvgIpc) is 2.74. The summed E-state index contributed by atoms with van der Waals surface area (Å²) in [5.74, 6) is -0.586. The van der Waals surface area contributed by atoms with Gasteiger partial charge in [0.25, 0.3) is 0 Å². The summed E-state index contributed by atoms with van der Waals surface area (Å²) in [7, 11) is 0. The molecule has 0 amide bonds. The van der Waals surface area contributed by atoms with Crippen molar-refractivity contribution >= 4 is 11.9 Å². The van der Waals surface area contributed by atoms with Gasteiger partial charge in [0.05, 0.1) is 19.8 Å². The number of anilines is 1. The van der Waals surface area contributed by atoms with E-state index in [0.29, 0.717) is 18.6 Å². The third-order valence-corrected chi connectivity index (χ3v) is 6.13. The monoisotopic (exact) mass is 388 g/mol. The Morgan fingerprint density at radius 1 is 1.32 bits per heavy atom. The van der Waals surface area contributed by atoms with Gasteiger partial charge >= 0.3 is 5.97 Å². The number of likely N-dealkylation sites (tertiary alicyclic amines) is 1. The van der Waals surface area contributed by atoms with Crippen LogP contribution in [0.1, 0.15) is 31.2 Å². The highest BCUT2D eigenvalue weighted by atomic mass is 16.5. The van der Waals surface area contributed by atoms with E-state index in [-0.39, 0.29) is 12.0 Å². The maximum absolute atomic E-state index is 10.6. The molecule has 8 heteroatoms. The van der Waals surface area contributed by atoms with Gasteiger partial charge in [0.1, 0.15) is 6.54 Å². The summed E-state index contributed by atoms with van der Waals surface area (Å²) in [6.45, 7) is 4.80. The Labute approximate surface area is 164 Å². The molecule has 28 heavy (non-hydrogen) atoms. The minimum atomic E-state index is -0.931. The Kier molecular flexibility index (Phi) is 5.89. The number of rotatable bonds is 6. The van der Waals surface area contributed by atoms with E-state index < -0.39 is 5.97 Å². The molecule has 2 fully saturated rings. The predicted molar refractivity (Wildman–Crippen MR) is 103 cm³/mol. The lowest BCUT2D eigenvalue weighted by atomic mass is 9.65. The van der Waals surface area contributed by atoms with Crippen LogP contribution >= 0.6 is 0 Å². The number of piperidine rings is 1. The molecule has 0 spiro atoms. The molecule has 4 heterocycles. The maximum Gasteiger partial charge on any atom is 0.322 e. The zero-order chi connectivity index (χ0) is 19.4. The van der Waals surface area contributed by atoms with Crippen molar-refractivity contribution in [1.29, 1.82) is 0 Å². The van der Waals surface area contributed by atoms with Gasteiger partial charge in [-0.05, 0) is 32.2 Å². The van der Waals surface area contributed by atoms with Gasteiger partial charge in [-0.2, -0.15) is 0 Å². The summed E-state index contributed by atoms with van der Waals surface area (Å²) in [6, 6.07) is 0.462. The van der Waals surface area contributed by atoms with Crippen LogP contribution in [0, 0.1) is 5.41 Å². The van der Waals surface area contributed by atoms with Crippen LogP contribution in [0.2, 0.25) is 0 Å². The normalized spacial score (nSPS) is 28.3. The summed E-state index contributed by atoms with van der Waals surface area (Å²) in [5.41, 5.74) is 2.66. The van der Waals surface area contributed by atoms with Gasteiger partial charge in [0.15, 0.2) is 0 Å². The molecule has 1 aromatic rings. The highest BCUT2D eigenvalue weighted by Crippen LogP contribution is 2.48. The van der Waals surface area contributed by atoms with E-state index in [9.17, 15) is 4.79 Å². The van der Waals surface area contributed by atoms with Gasteiger partial charge in [-0.1, -0.05) is 11.6 Å². The average molecular weight is 388 g/mol. The standard InChI is InChI=1S/C20H28N4O4/c25-18(26)12-23-19-21-10-15(11-22-19)13-24-6-1-5-20(14-28-9-4-17(20)24)16-2-7-27-8-3-16/h2,10-11,17H,1,3-9,12-14H2,(H,25,26)(H,21,22,23)/t17-,20-/m0/s1. The van der Waals surface area contributed by atoms with Gasteiger partial charge < -0.3 is 19.9 Å². The fourth-order valence-corrected chi connectivity index (χ4v) is 4.90. The summed E-state index contributed by atoms with van der Waals surface area (Å²) < 4.78 is 11.5. The number of nitrogens with zero attached hydrogens (tertiary/aromatic N) is 3. The topological polar surface area (TPSA) is 96.8 Å². The number of nitrogens with one attached hydrogen (secondary N) is 1. The fraction of sp³-hybridized carbons (Fsp3) is 0.650. The number of carbonyl (C=O) groups is 1. The van der Waals surface area contributed by atoms with Crippen molar-refractivity contribution in [2.75, 3.05) is 44.8 Å². The number of carboxylic acids is 1. The second-order valence-corrected chi connectivity index (χ2v) is 7.80. The van der Waals surface area contributed by atoms with E-state index in [4.69, 9.17) is 14.6 Å². The third-order valence-electron chi connectivity index (χ3n) is 6.13. The van der Waals surface area contributed by atoms with Crippen molar-refractivity contribution in [2.45, 2.75) is 38.3 Å².